The average molecular weight is 311 g/mol. The van der Waals surface area contributed by atoms with Crippen LogP contribution in [-0.2, 0) is 10.0 Å². The maximum absolute atomic E-state index is 12.4. The first-order valence-corrected chi connectivity index (χ1v) is 8.20. The molecular formula is C15H21NO4S. The first-order valence-electron chi connectivity index (χ1n) is 6.72. The Morgan fingerprint density at radius 1 is 1.43 bits per heavy atom. The lowest BCUT2D eigenvalue weighted by atomic mass is 10.1. The molecule has 2 N–H and O–H groups in total. The van der Waals surface area contributed by atoms with Gasteiger partial charge in [0.1, 0.15) is 17.3 Å². The minimum atomic E-state index is -3.66. The molecule has 1 unspecified atom stereocenters. The van der Waals surface area contributed by atoms with Crippen molar-refractivity contribution < 1.29 is 18.3 Å². The van der Waals surface area contributed by atoms with Gasteiger partial charge in [-0.15, -0.1) is 0 Å². The second kappa shape index (κ2) is 8.03. The highest BCUT2D eigenvalue weighted by atomic mass is 32.2. The molecule has 0 aliphatic carbocycles. The largest absolute Gasteiger partial charge is 0.495 e. The average Bonchev–Trinajstić information content (AvgIpc) is 2.50. The van der Waals surface area contributed by atoms with E-state index in [2.05, 4.69) is 16.6 Å². The van der Waals surface area contributed by atoms with E-state index in [1.54, 1.807) is 12.1 Å². The van der Waals surface area contributed by atoms with Crippen LogP contribution in [-0.4, -0.2) is 33.8 Å². The summed E-state index contributed by atoms with van der Waals surface area (Å²) in [5.41, 5.74) is 0.508. The first kappa shape index (κ1) is 17.5. The van der Waals surface area contributed by atoms with E-state index in [4.69, 9.17) is 9.84 Å². The van der Waals surface area contributed by atoms with Crippen molar-refractivity contribution in [1.29, 1.82) is 0 Å². The number of hydrogen-bond donors (Lipinski definition) is 2. The Labute approximate surface area is 126 Å². The molecular weight excluding hydrogens is 290 g/mol. The van der Waals surface area contributed by atoms with Crippen molar-refractivity contribution in [3.63, 3.8) is 0 Å². The van der Waals surface area contributed by atoms with Crippen LogP contribution in [0.3, 0.4) is 0 Å². The molecule has 0 amide bonds. The summed E-state index contributed by atoms with van der Waals surface area (Å²) in [4.78, 5) is 0.0537. The van der Waals surface area contributed by atoms with Gasteiger partial charge in [-0.3, -0.25) is 0 Å². The molecule has 6 heteroatoms. The van der Waals surface area contributed by atoms with E-state index >= 15 is 0 Å². The number of nitrogens with one attached hydrogen (secondary N) is 1. The first-order chi connectivity index (χ1) is 9.94. The number of methoxy groups -OCH3 is 1. The Morgan fingerprint density at radius 3 is 2.71 bits per heavy atom. The van der Waals surface area contributed by atoms with E-state index in [0.717, 1.165) is 6.42 Å². The minimum Gasteiger partial charge on any atom is -0.495 e. The smallest absolute Gasteiger partial charge is 0.244 e. The molecule has 0 saturated heterocycles. The number of aliphatic hydroxyl groups excluding tert-OH is 1. The monoisotopic (exact) mass is 311 g/mol. The van der Waals surface area contributed by atoms with Crippen LogP contribution in [0.1, 0.15) is 25.8 Å². The highest BCUT2D eigenvalue weighted by Gasteiger charge is 2.20. The zero-order chi connectivity index (χ0) is 15.9. The predicted octanol–water partition coefficient (Wildman–Crippen LogP) is 1.36. The van der Waals surface area contributed by atoms with Gasteiger partial charge in [0.15, 0.2) is 0 Å². The van der Waals surface area contributed by atoms with Crippen LogP contribution in [0.15, 0.2) is 23.1 Å². The maximum atomic E-state index is 12.4. The van der Waals surface area contributed by atoms with Crippen LogP contribution in [0.4, 0.5) is 0 Å². The molecule has 1 aromatic carbocycles. The van der Waals surface area contributed by atoms with Crippen molar-refractivity contribution in [3.8, 4) is 17.6 Å². The molecule has 0 bridgehead atoms. The Hall–Kier alpha value is -1.55. The molecule has 5 nitrogen and oxygen atoms in total. The van der Waals surface area contributed by atoms with E-state index < -0.39 is 10.0 Å². The molecule has 0 aliphatic rings. The van der Waals surface area contributed by atoms with Gasteiger partial charge in [-0.05, 0) is 24.1 Å². The quantitative estimate of drug-likeness (QED) is 0.778. The Balaban J connectivity index is 3.13. The van der Waals surface area contributed by atoms with E-state index in [1.807, 2.05) is 13.8 Å². The molecule has 0 aliphatic heterocycles. The van der Waals surface area contributed by atoms with Gasteiger partial charge in [0.05, 0.1) is 7.11 Å². The summed E-state index contributed by atoms with van der Waals surface area (Å²) in [6, 6.07) is 4.65. The molecule has 116 valence electrons. The number of aliphatic hydroxyl groups is 1. The summed E-state index contributed by atoms with van der Waals surface area (Å²) in [6.45, 7) is 4.07. The predicted molar refractivity (Wildman–Crippen MR) is 81.6 cm³/mol. The second-order valence-corrected chi connectivity index (χ2v) is 6.43. The van der Waals surface area contributed by atoms with Crippen molar-refractivity contribution in [3.05, 3.63) is 23.8 Å². The molecule has 0 fully saturated rings. The fourth-order valence-corrected chi connectivity index (χ4v) is 2.94. The van der Waals surface area contributed by atoms with Crippen LogP contribution in [0.2, 0.25) is 0 Å². The third-order valence-corrected chi connectivity index (χ3v) is 4.53. The molecule has 1 aromatic rings. The fraction of sp³-hybridized carbons (Fsp3) is 0.467. The summed E-state index contributed by atoms with van der Waals surface area (Å²) < 4.78 is 32.4. The SMILES string of the molecule is CCC(C)CNS(=O)(=O)c1cc(C#CCO)ccc1OC. The highest BCUT2D eigenvalue weighted by Crippen LogP contribution is 2.24. The number of sulfonamides is 1. The normalized spacial score (nSPS) is 12.4. The van der Waals surface area contributed by atoms with Crippen LogP contribution >= 0.6 is 0 Å². The van der Waals surface area contributed by atoms with Crippen molar-refractivity contribution in [2.24, 2.45) is 5.92 Å². The van der Waals surface area contributed by atoms with Gasteiger partial charge < -0.3 is 9.84 Å². The maximum Gasteiger partial charge on any atom is 0.244 e. The molecule has 0 radical (unpaired) electrons. The lowest BCUT2D eigenvalue weighted by Gasteiger charge is -2.13. The third-order valence-electron chi connectivity index (χ3n) is 3.08. The Bertz CT molecular complexity index is 629. The van der Waals surface area contributed by atoms with Crippen molar-refractivity contribution in [1.82, 2.24) is 4.72 Å². The second-order valence-electron chi connectivity index (χ2n) is 4.69. The zero-order valence-corrected chi connectivity index (χ0v) is 13.3. The van der Waals surface area contributed by atoms with Crippen LogP contribution < -0.4 is 9.46 Å². The molecule has 0 heterocycles. The van der Waals surface area contributed by atoms with Crippen LogP contribution in [0.5, 0.6) is 5.75 Å². The van der Waals surface area contributed by atoms with Gasteiger partial charge in [0.2, 0.25) is 10.0 Å². The number of hydrogen-bond acceptors (Lipinski definition) is 4. The number of ether oxygens (including phenoxy) is 1. The van der Waals surface area contributed by atoms with Gasteiger partial charge in [-0.25, -0.2) is 13.1 Å². The zero-order valence-electron chi connectivity index (χ0n) is 12.5. The fourth-order valence-electron chi connectivity index (χ4n) is 1.58. The standard InChI is InChI=1S/C15H21NO4S/c1-4-12(2)11-16-21(18,19)15-10-13(6-5-9-17)7-8-14(15)20-3/h7-8,10,12,16-17H,4,9,11H2,1-3H3. The van der Waals surface area contributed by atoms with Crippen LogP contribution in [0.25, 0.3) is 0 Å². The van der Waals surface area contributed by atoms with Crippen molar-refractivity contribution in [2.75, 3.05) is 20.3 Å². The summed E-state index contributed by atoms with van der Waals surface area (Å²) in [5.74, 6) is 5.69. The molecule has 0 spiro atoms. The Morgan fingerprint density at radius 2 is 2.14 bits per heavy atom. The van der Waals surface area contributed by atoms with Gasteiger partial charge >= 0.3 is 0 Å². The van der Waals surface area contributed by atoms with Gasteiger partial charge in [0, 0.05) is 12.1 Å². The molecule has 0 saturated carbocycles. The summed E-state index contributed by atoms with van der Waals surface area (Å²) in [5, 5.41) is 8.70. The van der Waals surface area contributed by atoms with Crippen molar-refractivity contribution >= 4 is 10.0 Å². The van der Waals surface area contributed by atoms with Gasteiger partial charge in [-0.2, -0.15) is 0 Å². The van der Waals surface area contributed by atoms with E-state index in [1.165, 1.54) is 13.2 Å². The summed E-state index contributed by atoms with van der Waals surface area (Å²) in [7, 11) is -2.24. The lowest BCUT2D eigenvalue weighted by Crippen LogP contribution is -2.28. The minimum absolute atomic E-state index is 0.0537. The van der Waals surface area contributed by atoms with Gasteiger partial charge in [0.25, 0.3) is 0 Å². The Kier molecular flexibility index (Phi) is 6.69. The molecule has 1 atom stereocenters. The van der Waals surface area contributed by atoms with E-state index in [0.29, 0.717) is 12.1 Å². The molecule has 21 heavy (non-hydrogen) atoms. The van der Waals surface area contributed by atoms with Crippen LogP contribution in [0, 0.1) is 17.8 Å². The van der Waals surface area contributed by atoms with Gasteiger partial charge in [-0.1, -0.05) is 32.1 Å². The summed E-state index contributed by atoms with van der Waals surface area (Å²) in [6.07, 6.45) is 0.891. The highest BCUT2D eigenvalue weighted by molar-refractivity contribution is 7.89. The summed E-state index contributed by atoms with van der Waals surface area (Å²) >= 11 is 0. The third kappa shape index (κ3) is 5.05. The lowest BCUT2D eigenvalue weighted by molar-refractivity contribution is 0.350. The van der Waals surface area contributed by atoms with E-state index in [-0.39, 0.29) is 23.2 Å². The molecule has 1 rings (SSSR count). The molecule has 0 aromatic heterocycles. The number of rotatable bonds is 6. The van der Waals surface area contributed by atoms with E-state index in [9.17, 15) is 8.42 Å². The number of benzene rings is 1. The van der Waals surface area contributed by atoms with Crippen molar-refractivity contribution in [2.45, 2.75) is 25.2 Å². The topological polar surface area (TPSA) is 75.6 Å².